The highest BCUT2D eigenvalue weighted by atomic mass is 32.2. The Morgan fingerprint density at radius 3 is 2.72 bits per heavy atom. The quantitative estimate of drug-likeness (QED) is 0.750. The Morgan fingerprint density at radius 1 is 1.21 bits per heavy atom. The predicted molar refractivity (Wildman–Crippen MR) is 109 cm³/mol. The van der Waals surface area contributed by atoms with Crippen LogP contribution in [0.2, 0.25) is 0 Å². The lowest BCUT2D eigenvalue weighted by Crippen LogP contribution is -2.35. The number of methoxy groups -OCH3 is 1. The molecule has 2 N–H and O–H groups in total. The number of likely N-dealkylation sites (N-methyl/N-ethyl adjacent to an activating group) is 1. The number of aryl methyl sites for hydroxylation is 1. The summed E-state index contributed by atoms with van der Waals surface area (Å²) in [5.41, 5.74) is 1.86. The molecule has 1 aliphatic rings. The third-order valence-corrected chi connectivity index (χ3v) is 6.46. The molecule has 0 saturated heterocycles. The molecule has 8 nitrogen and oxygen atoms in total. The van der Waals surface area contributed by atoms with E-state index in [2.05, 4.69) is 10.6 Å². The van der Waals surface area contributed by atoms with Crippen molar-refractivity contribution >= 4 is 33.2 Å². The highest BCUT2D eigenvalue weighted by molar-refractivity contribution is 7.89. The molecular formula is C20H23N3O5S. The fraction of sp³-hybridized carbons (Fsp3) is 0.300. The second-order valence-corrected chi connectivity index (χ2v) is 8.78. The van der Waals surface area contributed by atoms with E-state index in [1.54, 1.807) is 36.4 Å². The average molecular weight is 417 g/mol. The summed E-state index contributed by atoms with van der Waals surface area (Å²) < 4.78 is 32.0. The minimum absolute atomic E-state index is 0.0792. The summed E-state index contributed by atoms with van der Waals surface area (Å²) in [5, 5.41) is 5.44. The second-order valence-electron chi connectivity index (χ2n) is 6.73. The Labute approximate surface area is 169 Å². The summed E-state index contributed by atoms with van der Waals surface area (Å²) in [4.78, 5) is 24.1. The van der Waals surface area contributed by atoms with Crippen molar-refractivity contribution in [2.75, 3.05) is 31.3 Å². The lowest BCUT2D eigenvalue weighted by Gasteiger charge is -2.18. The number of ether oxygens (including phenoxy) is 1. The molecule has 154 valence electrons. The monoisotopic (exact) mass is 417 g/mol. The van der Waals surface area contributed by atoms with E-state index in [1.807, 2.05) is 0 Å². The van der Waals surface area contributed by atoms with Crippen molar-refractivity contribution in [1.29, 1.82) is 0 Å². The number of nitrogens with zero attached hydrogens (tertiary/aromatic N) is 1. The molecule has 1 heterocycles. The first-order valence-electron chi connectivity index (χ1n) is 9.13. The normalized spacial score (nSPS) is 14.0. The summed E-state index contributed by atoms with van der Waals surface area (Å²) >= 11 is 0. The maximum Gasteiger partial charge on any atom is 0.243 e. The molecule has 0 bridgehead atoms. The van der Waals surface area contributed by atoms with Gasteiger partial charge in [0.15, 0.2) is 0 Å². The first kappa shape index (κ1) is 20.8. The summed E-state index contributed by atoms with van der Waals surface area (Å²) in [6, 6.07) is 11.5. The van der Waals surface area contributed by atoms with E-state index in [9.17, 15) is 18.0 Å². The maximum atomic E-state index is 12.9. The molecule has 0 radical (unpaired) electrons. The SMILES string of the molecule is COc1ccccc1NC(=O)CN(C)S(=O)(=O)c1ccc2c(c1)CCCC(=O)N2. The first-order chi connectivity index (χ1) is 13.8. The van der Waals surface area contributed by atoms with Crippen LogP contribution in [0, 0.1) is 0 Å². The number of rotatable bonds is 6. The van der Waals surface area contributed by atoms with Crippen LogP contribution in [0.5, 0.6) is 5.75 Å². The molecule has 0 saturated carbocycles. The van der Waals surface area contributed by atoms with Crippen molar-refractivity contribution in [3.8, 4) is 5.75 Å². The van der Waals surface area contributed by atoms with Gasteiger partial charge in [-0.2, -0.15) is 4.31 Å². The van der Waals surface area contributed by atoms with Gasteiger partial charge < -0.3 is 15.4 Å². The molecule has 2 amide bonds. The number of benzene rings is 2. The van der Waals surface area contributed by atoms with Crippen LogP contribution in [0.1, 0.15) is 18.4 Å². The summed E-state index contributed by atoms with van der Waals surface area (Å²) in [5.74, 6) is -0.0776. The van der Waals surface area contributed by atoms with Gasteiger partial charge >= 0.3 is 0 Å². The molecule has 9 heteroatoms. The molecule has 3 rings (SSSR count). The second kappa shape index (κ2) is 8.62. The van der Waals surface area contributed by atoms with Gasteiger partial charge in [-0.05, 0) is 48.7 Å². The number of fused-ring (bicyclic) bond motifs is 1. The van der Waals surface area contributed by atoms with E-state index < -0.39 is 15.9 Å². The molecule has 0 spiro atoms. The zero-order valence-electron chi connectivity index (χ0n) is 16.3. The lowest BCUT2D eigenvalue weighted by atomic mass is 10.1. The molecule has 1 aliphatic heterocycles. The molecule has 0 aromatic heterocycles. The molecule has 0 unspecified atom stereocenters. The molecule has 29 heavy (non-hydrogen) atoms. The highest BCUT2D eigenvalue weighted by Gasteiger charge is 2.25. The van der Waals surface area contributed by atoms with Gasteiger partial charge in [-0.1, -0.05) is 12.1 Å². The van der Waals surface area contributed by atoms with Crippen molar-refractivity contribution in [1.82, 2.24) is 4.31 Å². The van der Waals surface area contributed by atoms with Crippen LogP contribution in [0.3, 0.4) is 0 Å². The lowest BCUT2D eigenvalue weighted by molar-refractivity contribution is -0.117. The minimum atomic E-state index is -3.87. The van der Waals surface area contributed by atoms with Gasteiger partial charge in [-0.15, -0.1) is 0 Å². The van der Waals surface area contributed by atoms with Crippen LogP contribution < -0.4 is 15.4 Å². The Balaban J connectivity index is 1.74. The van der Waals surface area contributed by atoms with E-state index in [0.29, 0.717) is 36.4 Å². The Morgan fingerprint density at radius 2 is 1.97 bits per heavy atom. The van der Waals surface area contributed by atoms with E-state index >= 15 is 0 Å². The summed E-state index contributed by atoms with van der Waals surface area (Å²) in [6.07, 6.45) is 1.66. The number of anilines is 2. The van der Waals surface area contributed by atoms with Gasteiger partial charge in [0.25, 0.3) is 0 Å². The molecular weight excluding hydrogens is 394 g/mol. The number of nitrogens with one attached hydrogen (secondary N) is 2. The highest BCUT2D eigenvalue weighted by Crippen LogP contribution is 2.27. The van der Waals surface area contributed by atoms with Crippen molar-refractivity contribution in [3.05, 3.63) is 48.0 Å². The zero-order chi connectivity index (χ0) is 21.0. The topological polar surface area (TPSA) is 105 Å². The summed E-state index contributed by atoms with van der Waals surface area (Å²) in [6.45, 7) is -0.353. The van der Waals surface area contributed by atoms with Gasteiger partial charge in [0.2, 0.25) is 21.8 Å². The zero-order valence-corrected chi connectivity index (χ0v) is 17.1. The van der Waals surface area contributed by atoms with E-state index in [4.69, 9.17) is 4.74 Å². The van der Waals surface area contributed by atoms with Gasteiger partial charge in [-0.3, -0.25) is 9.59 Å². The number of carbonyl (C=O) groups excluding carboxylic acids is 2. The number of hydrogen-bond donors (Lipinski definition) is 2. The number of para-hydroxylation sites is 2. The number of carbonyl (C=O) groups is 2. The van der Waals surface area contributed by atoms with E-state index in [1.165, 1.54) is 20.2 Å². The maximum absolute atomic E-state index is 12.9. The molecule has 0 aliphatic carbocycles. The van der Waals surface area contributed by atoms with Crippen LogP contribution in [0.25, 0.3) is 0 Å². The van der Waals surface area contributed by atoms with Crippen LogP contribution in [-0.4, -0.2) is 45.2 Å². The summed E-state index contributed by atoms with van der Waals surface area (Å²) in [7, 11) is -1.03. The van der Waals surface area contributed by atoms with Crippen LogP contribution in [0.4, 0.5) is 11.4 Å². The third kappa shape index (κ3) is 4.75. The Hall–Kier alpha value is -2.91. The van der Waals surface area contributed by atoms with Crippen LogP contribution in [0.15, 0.2) is 47.4 Å². The fourth-order valence-corrected chi connectivity index (χ4v) is 4.29. The van der Waals surface area contributed by atoms with Crippen molar-refractivity contribution in [2.24, 2.45) is 0 Å². The standard InChI is InChI=1S/C20H23N3O5S/c1-23(13-20(25)22-17-7-3-4-8-18(17)28-2)29(26,27)15-10-11-16-14(12-15)6-5-9-19(24)21-16/h3-4,7-8,10-12H,5-6,9,13H2,1-2H3,(H,21,24)(H,22,25). The molecule has 0 atom stereocenters. The molecule has 0 fully saturated rings. The van der Waals surface area contributed by atoms with Crippen molar-refractivity contribution < 1.29 is 22.7 Å². The Bertz CT molecular complexity index is 1040. The molecule has 2 aromatic carbocycles. The Kier molecular flexibility index (Phi) is 6.19. The van der Waals surface area contributed by atoms with Crippen LogP contribution in [-0.2, 0) is 26.0 Å². The largest absolute Gasteiger partial charge is 0.495 e. The number of amides is 2. The predicted octanol–water partition coefficient (Wildman–Crippen LogP) is 2.23. The van der Waals surface area contributed by atoms with Crippen molar-refractivity contribution in [2.45, 2.75) is 24.2 Å². The minimum Gasteiger partial charge on any atom is -0.495 e. The third-order valence-electron chi connectivity index (χ3n) is 4.66. The van der Waals surface area contributed by atoms with Gasteiger partial charge in [0.05, 0.1) is 24.2 Å². The number of sulfonamides is 1. The number of hydrogen-bond acceptors (Lipinski definition) is 5. The fourth-order valence-electron chi connectivity index (χ4n) is 3.12. The van der Waals surface area contributed by atoms with Crippen LogP contribution >= 0.6 is 0 Å². The average Bonchev–Trinajstić information content (AvgIpc) is 2.88. The molecule has 2 aromatic rings. The van der Waals surface area contributed by atoms with E-state index in [-0.39, 0.29) is 17.3 Å². The van der Waals surface area contributed by atoms with Gasteiger partial charge in [0, 0.05) is 19.2 Å². The van der Waals surface area contributed by atoms with Crippen molar-refractivity contribution in [3.63, 3.8) is 0 Å². The van der Waals surface area contributed by atoms with Gasteiger partial charge in [-0.25, -0.2) is 8.42 Å². The first-order valence-corrected chi connectivity index (χ1v) is 10.6. The smallest absolute Gasteiger partial charge is 0.243 e. The van der Waals surface area contributed by atoms with E-state index in [0.717, 1.165) is 9.87 Å². The van der Waals surface area contributed by atoms with Gasteiger partial charge in [0.1, 0.15) is 5.75 Å².